The summed E-state index contributed by atoms with van der Waals surface area (Å²) >= 11 is 0. The molecule has 0 aromatic heterocycles. The Hall–Kier alpha value is -1.34. The molecule has 0 unspecified atom stereocenters. The maximum atomic E-state index is 9.92. The van der Waals surface area contributed by atoms with Gasteiger partial charge in [-0.3, -0.25) is 0 Å². The van der Waals surface area contributed by atoms with E-state index in [9.17, 15) is 5.11 Å². The Balaban J connectivity index is 2.71. The lowest BCUT2D eigenvalue weighted by molar-refractivity contribution is 0.175. The SMILES string of the molecule is CC[C@@H](O)c1ccc(C)c2ccccc12. The number of rotatable bonds is 2. The Morgan fingerprint density at radius 1 is 1.07 bits per heavy atom. The molecule has 0 aliphatic carbocycles. The zero-order chi connectivity index (χ0) is 10.8. The quantitative estimate of drug-likeness (QED) is 0.785. The van der Waals surface area contributed by atoms with E-state index in [-0.39, 0.29) is 6.10 Å². The molecule has 0 amide bonds. The molecule has 15 heavy (non-hydrogen) atoms. The minimum atomic E-state index is -0.351. The molecule has 1 heteroatoms. The van der Waals surface area contributed by atoms with Gasteiger partial charge in [-0.15, -0.1) is 0 Å². The van der Waals surface area contributed by atoms with Crippen molar-refractivity contribution in [2.75, 3.05) is 0 Å². The van der Waals surface area contributed by atoms with Gasteiger partial charge in [0.25, 0.3) is 0 Å². The maximum Gasteiger partial charge on any atom is 0.0793 e. The van der Waals surface area contributed by atoms with E-state index >= 15 is 0 Å². The second-order valence-corrected chi connectivity index (χ2v) is 3.94. The number of hydrogen-bond donors (Lipinski definition) is 1. The maximum absolute atomic E-state index is 9.92. The van der Waals surface area contributed by atoms with E-state index in [0.717, 1.165) is 12.0 Å². The zero-order valence-electron chi connectivity index (χ0n) is 9.20. The van der Waals surface area contributed by atoms with Gasteiger partial charge in [0, 0.05) is 0 Å². The summed E-state index contributed by atoms with van der Waals surface area (Å²) in [6.07, 6.45) is 0.406. The molecule has 1 atom stereocenters. The van der Waals surface area contributed by atoms with Gasteiger partial charge in [0.15, 0.2) is 0 Å². The highest BCUT2D eigenvalue weighted by molar-refractivity contribution is 5.88. The Morgan fingerprint density at radius 2 is 1.73 bits per heavy atom. The van der Waals surface area contributed by atoms with Crippen LogP contribution in [0.15, 0.2) is 36.4 Å². The summed E-state index contributed by atoms with van der Waals surface area (Å²) in [4.78, 5) is 0. The van der Waals surface area contributed by atoms with Crippen LogP contribution in [-0.2, 0) is 0 Å². The van der Waals surface area contributed by atoms with Crippen LogP contribution in [-0.4, -0.2) is 5.11 Å². The van der Waals surface area contributed by atoms with E-state index in [1.807, 2.05) is 25.1 Å². The Morgan fingerprint density at radius 3 is 2.40 bits per heavy atom. The number of fused-ring (bicyclic) bond motifs is 1. The van der Waals surface area contributed by atoms with Gasteiger partial charge in [0.05, 0.1) is 6.10 Å². The first-order chi connectivity index (χ1) is 7.24. The molecule has 2 aromatic rings. The van der Waals surface area contributed by atoms with Crippen molar-refractivity contribution in [1.29, 1.82) is 0 Å². The lowest BCUT2D eigenvalue weighted by atomic mass is 9.96. The van der Waals surface area contributed by atoms with Crippen LogP contribution in [0.3, 0.4) is 0 Å². The minimum absolute atomic E-state index is 0.351. The van der Waals surface area contributed by atoms with Crippen LogP contribution in [0, 0.1) is 6.92 Å². The molecule has 0 saturated heterocycles. The number of hydrogen-bond acceptors (Lipinski definition) is 1. The summed E-state index contributed by atoms with van der Waals surface area (Å²) < 4.78 is 0. The van der Waals surface area contributed by atoms with Gasteiger partial charge in [-0.05, 0) is 35.2 Å². The van der Waals surface area contributed by atoms with Gasteiger partial charge in [0.1, 0.15) is 0 Å². The monoisotopic (exact) mass is 200 g/mol. The van der Waals surface area contributed by atoms with Gasteiger partial charge < -0.3 is 5.11 Å². The molecule has 0 aliphatic heterocycles. The smallest absolute Gasteiger partial charge is 0.0793 e. The third-order valence-corrected chi connectivity index (χ3v) is 2.92. The van der Waals surface area contributed by atoms with E-state index < -0.39 is 0 Å². The lowest BCUT2D eigenvalue weighted by Crippen LogP contribution is -1.96. The fourth-order valence-corrected chi connectivity index (χ4v) is 1.98. The second-order valence-electron chi connectivity index (χ2n) is 3.94. The molecule has 0 spiro atoms. The Kier molecular flexibility index (Phi) is 2.74. The molecule has 1 N–H and O–H groups in total. The van der Waals surface area contributed by atoms with E-state index in [1.54, 1.807) is 0 Å². The highest BCUT2D eigenvalue weighted by atomic mass is 16.3. The van der Waals surface area contributed by atoms with Crippen molar-refractivity contribution in [2.45, 2.75) is 26.4 Å². The average molecular weight is 200 g/mol. The van der Waals surface area contributed by atoms with Crippen molar-refractivity contribution >= 4 is 10.8 Å². The normalized spacial score (nSPS) is 13.0. The highest BCUT2D eigenvalue weighted by Crippen LogP contribution is 2.28. The molecule has 0 heterocycles. The van der Waals surface area contributed by atoms with Crippen LogP contribution in [0.5, 0.6) is 0 Å². The summed E-state index contributed by atoms with van der Waals surface area (Å²) in [5.74, 6) is 0. The summed E-state index contributed by atoms with van der Waals surface area (Å²) in [5, 5.41) is 12.3. The molecular formula is C14H16O. The van der Waals surface area contributed by atoms with Crippen molar-refractivity contribution in [3.05, 3.63) is 47.5 Å². The fraction of sp³-hybridized carbons (Fsp3) is 0.286. The summed E-state index contributed by atoms with van der Waals surface area (Å²) in [5.41, 5.74) is 2.30. The van der Waals surface area contributed by atoms with Crippen LogP contribution in [0.4, 0.5) is 0 Å². The minimum Gasteiger partial charge on any atom is -0.388 e. The molecule has 0 radical (unpaired) electrons. The van der Waals surface area contributed by atoms with Crippen molar-refractivity contribution < 1.29 is 5.11 Å². The third kappa shape index (κ3) is 1.75. The van der Waals surface area contributed by atoms with Gasteiger partial charge >= 0.3 is 0 Å². The summed E-state index contributed by atoms with van der Waals surface area (Å²) in [6.45, 7) is 4.10. The van der Waals surface area contributed by atoms with Gasteiger partial charge in [-0.25, -0.2) is 0 Å². The molecule has 0 aliphatic rings. The van der Waals surface area contributed by atoms with Crippen LogP contribution in [0.25, 0.3) is 10.8 Å². The molecular weight excluding hydrogens is 184 g/mol. The summed E-state index contributed by atoms with van der Waals surface area (Å²) in [6, 6.07) is 12.4. The van der Waals surface area contributed by atoms with Crippen molar-refractivity contribution in [1.82, 2.24) is 0 Å². The van der Waals surface area contributed by atoms with E-state index in [4.69, 9.17) is 0 Å². The van der Waals surface area contributed by atoms with Crippen LogP contribution in [0.1, 0.15) is 30.6 Å². The third-order valence-electron chi connectivity index (χ3n) is 2.92. The van der Waals surface area contributed by atoms with Crippen LogP contribution >= 0.6 is 0 Å². The first-order valence-electron chi connectivity index (χ1n) is 5.40. The van der Waals surface area contributed by atoms with Gasteiger partial charge in [-0.1, -0.05) is 43.3 Å². The summed E-state index contributed by atoms with van der Waals surface area (Å²) in [7, 11) is 0. The first kappa shape index (κ1) is 10.2. The molecule has 0 bridgehead atoms. The molecule has 0 fully saturated rings. The molecule has 2 aromatic carbocycles. The standard InChI is InChI=1S/C14H16O/c1-3-14(15)13-9-8-10(2)11-6-4-5-7-12(11)13/h4-9,14-15H,3H2,1-2H3/t14-/m1/s1. The highest BCUT2D eigenvalue weighted by Gasteiger charge is 2.09. The van der Waals surface area contributed by atoms with E-state index in [0.29, 0.717) is 0 Å². The number of aliphatic hydroxyl groups excluding tert-OH is 1. The predicted molar refractivity (Wildman–Crippen MR) is 63.9 cm³/mol. The molecule has 78 valence electrons. The van der Waals surface area contributed by atoms with Gasteiger partial charge in [-0.2, -0.15) is 0 Å². The number of aliphatic hydroxyl groups is 1. The topological polar surface area (TPSA) is 20.2 Å². The largest absolute Gasteiger partial charge is 0.388 e. The van der Waals surface area contributed by atoms with Gasteiger partial charge in [0.2, 0.25) is 0 Å². The second kappa shape index (κ2) is 4.03. The molecule has 1 nitrogen and oxygen atoms in total. The number of aryl methyl sites for hydroxylation is 1. The zero-order valence-corrected chi connectivity index (χ0v) is 9.20. The first-order valence-corrected chi connectivity index (χ1v) is 5.40. The predicted octanol–water partition coefficient (Wildman–Crippen LogP) is 3.59. The average Bonchev–Trinajstić information content (AvgIpc) is 2.29. The van der Waals surface area contributed by atoms with Crippen LogP contribution in [0.2, 0.25) is 0 Å². The van der Waals surface area contributed by atoms with Crippen LogP contribution < -0.4 is 0 Å². The van der Waals surface area contributed by atoms with Crippen molar-refractivity contribution in [3.8, 4) is 0 Å². The molecule has 2 rings (SSSR count). The Bertz CT molecular complexity index is 474. The van der Waals surface area contributed by atoms with E-state index in [2.05, 4.69) is 25.1 Å². The molecule has 0 saturated carbocycles. The number of benzene rings is 2. The lowest BCUT2D eigenvalue weighted by Gasteiger charge is -2.13. The van der Waals surface area contributed by atoms with E-state index in [1.165, 1.54) is 16.3 Å². The van der Waals surface area contributed by atoms with Crippen molar-refractivity contribution in [3.63, 3.8) is 0 Å². The Labute approximate surface area is 90.4 Å². The van der Waals surface area contributed by atoms with Crippen molar-refractivity contribution in [2.24, 2.45) is 0 Å². The fourth-order valence-electron chi connectivity index (χ4n) is 1.98.